The first kappa shape index (κ1) is 17.9. The lowest BCUT2D eigenvalue weighted by molar-refractivity contribution is 0.101. The highest BCUT2D eigenvalue weighted by molar-refractivity contribution is 6.03. The van der Waals surface area contributed by atoms with Gasteiger partial charge in [-0.2, -0.15) is 0 Å². The molecule has 28 heavy (non-hydrogen) atoms. The standard InChI is InChI=1S/C23H21N3O2/c1-16(27)17-6-8-20(9-7-17)25-23(28)22-14-21(10-12-24-22)26-13-11-18-4-2-3-5-19(18)15-26/h2-10,12,14H,11,13,15H2,1H3,(H,25,28). The third kappa shape index (κ3) is 3.78. The summed E-state index contributed by atoms with van der Waals surface area (Å²) in [6, 6.07) is 19.1. The molecule has 5 nitrogen and oxygen atoms in total. The maximum absolute atomic E-state index is 12.6. The van der Waals surface area contributed by atoms with E-state index in [-0.39, 0.29) is 11.7 Å². The van der Waals surface area contributed by atoms with E-state index in [1.165, 1.54) is 18.1 Å². The van der Waals surface area contributed by atoms with E-state index in [9.17, 15) is 9.59 Å². The summed E-state index contributed by atoms with van der Waals surface area (Å²) in [4.78, 5) is 30.5. The van der Waals surface area contributed by atoms with Gasteiger partial charge in [-0.25, -0.2) is 0 Å². The molecule has 1 amide bonds. The van der Waals surface area contributed by atoms with Gasteiger partial charge < -0.3 is 10.2 Å². The Morgan fingerprint density at radius 2 is 1.75 bits per heavy atom. The zero-order valence-electron chi connectivity index (χ0n) is 15.7. The molecule has 1 aromatic heterocycles. The number of nitrogens with zero attached hydrogens (tertiary/aromatic N) is 2. The fraction of sp³-hybridized carbons (Fsp3) is 0.174. The summed E-state index contributed by atoms with van der Waals surface area (Å²) in [6.45, 7) is 3.25. The fourth-order valence-electron chi connectivity index (χ4n) is 3.44. The number of carbonyl (C=O) groups is 2. The van der Waals surface area contributed by atoms with E-state index in [0.29, 0.717) is 16.9 Å². The van der Waals surface area contributed by atoms with Gasteiger partial charge >= 0.3 is 0 Å². The predicted molar refractivity (Wildman–Crippen MR) is 110 cm³/mol. The molecule has 3 aromatic rings. The van der Waals surface area contributed by atoms with E-state index >= 15 is 0 Å². The zero-order chi connectivity index (χ0) is 19.5. The molecule has 0 aliphatic carbocycles. The van der Waals surface area contributed by atoms with Crippen LogP contribution < -0.4 is 10.2 Å². The third-order valence-electron chi connectivity index (χ3n) is 5.02. The van der Waals surface area contributed by atoms with Crippen LogP contribution in [0.4, 0.5) is 11.4 Å². The number of hydrogen-bond donors (Lipinski definition) is 1. The number of Topliss-reactive ketones (excluding diaryl/α,β-unsaturated/α-hetero) is 1. The quantitative estimate of drug-likeness (QED) is 0.702. The van der Waals surface area contributed by atoms with E-state index < -0.39 is 0 Å². The summed E-state index contributed by atoms with van der Waals surface area (Å²) in [6.07, 6.45) is 2.66. The highest BCUT2D eigenvalue weighted by atomic mass is 16.2. The normalized spacial score (nSPS) is 13.0. The van der Waals surface area contributed by atoms with E-state index in [0.717, 1.165) is 25.2 Å². The number of benzene rings is 2. The Morgan fingerprint density at radius 3 is 2.50 bits per heavy atom. The van der Waals surface area contributed by atoms with E-state index in [4.69, 9.17) is 0 Å². The van der Waals surface area contributed by atoms with E-state index in [2.05, 4.69) is 39.5 Å². The lowest BCUT2D eigenvalue weighted by atomic mass is 9.99. The minimum Gasteiger partial charge on any atom is -0.367 e. The van der Waals surface area contributed by atoms with Crippen molar-refractivity contribution in [1.82, 2.24) is 4.98 Å². The number of fused-ring (bicyclic) bond motifs is 1. The Labute approximate surface area is 164 Å². The van der Waals surface area contributed by atoms with Gasteiger partial charge in [0.2, 0.25) is 0 Å². The summed E-state index contributed by atoms with van der Waals surface area (Å²) in [5.41, 5.74) is 5.31. The second kappa shape index (κ2) is 7.64. The van der Waals surface area contributed by atoms with Gasteiger partial charge in [0.1, 0.15) is 5.69 Å². The number of aromatic nitrogens is 1. The molecular weight excluding hydrogens is 350 g/mol. The van der Waals surface area contributed by atoms with Gasteiger partial charge in [0.15, 0.2) is 5.78 Å². The van der Waals surface area contributed by atoms with Crippen LogP contribution >= 0.6 is 0 Å². The maximum atomic E-state index is 12.6. The minimum absolute atomic E-state index is 0.00431. The molecular formula is C23H21N3O2. The first-order valence-corrected chi connectivity index (χ1v) is 9.30. The Kier molecular flexibility index (Phi) is 4.89. The van der Waals surface area contributed by atoms with Crippen molar-refractivity contribution in [3.8, 4) is 0 Å². The summed E-state index contributed by atoms with van der Waals surface area (Å²) in [5.74, 6) is -0.273. The average molecular weight is 371 g/mol. The van der Waals surface area contributed by atoms with Crippen LogP contribution in [0.25, 0.3) is 0 Å². The minimum atomic E-state index is -0.269. The Bertz CT molecular complexity index is 1030. The van der Waals surface area contributed by atoms with E-state index in [1.54, 1.807) is 30.5 Å². The van der Waals surface area contributed by atoms with Crippen molar-refractivity contribution in [2.75, 3.05) is 16.8 Å². The summed E-state index contributed by atoms with van der Waals surface area (Å²) in [7, 11) is 0. The van der Waals surface area contributed by atoms with E-state index in [1.807, 2.05) is 12.1 Å². The molecule has 0 fully saturated rings. The lowest BCUT2D eigenvalue weighted by Gasteiger charge is -2.30. The average Bonchev–Trinajstić information content (AvgIpc) is 2.74. The molecule has 0 radical (unpaired) electrons. The molecule has 2 heterocycles. The zero-order valence-corrected chi connectivity index (χ0v) is 15.7. The van der Waals surface area contributed by atoms with Crippen molar-refractivity contribution in [3.05, 3.63) is 89.2 Å². The molecule has 0 saturated heterocycles. The molecule has 1 aliphatic heterocycles. The molecule has 0 atom stereocenters. The van der Waals surface area contributed by atoms with Crippen molar-refractivity contribution in [1.29, 1.82) is 0 Å². The largest absolute Gasteiger partial charge is 0.367 e. The van der Waals surface area contributed by atoms with Crippen LogP contribution in [0, 0.1) is 0 Å². The predicted octanol–water partition coefficient (Wildman–Crippen LogP) is 4.10. The van der Waals surface area contributed by atoms with Crippen molar-refractivity contribution >= 4 is 23.1 Å². The number of pyridine rings is 1. The number of amides is 1. The van der Waals surface area contributed by atoms with Crippen LogP contribution in [0.3, 0.4) is 0 Å². The topological polar surface area (TPSA) is 62.3 Å². The smallest absolute Gasteiger partial charge is 0.274 e. The molecule has 0 unspecified atom stereocenters. The van der Waals surface area contributed by atoms with Crippen molar-refractivity contribution < 1.29 is 9.59 Å². The third-order valence-corrected chi connectivity index (χ3v) is 5.02. The molecule has 140 valence electrons. The first-order valence-electron chi connectivity index (χ1n) is 9.30. The number of carbonyl (C=O) groups excluding carboxylic acids is 2. The van der Waals surface area contributed by atoms with Crippen LogP contribution in [0.5, 0.6) is 0 Å². The lowest BCUT2D eigenvalue weighted by Crippen LogP contribution is -2.30. The number of nitrogens with one attached hydrogen (secondary N) is 1. The van der Waals surface area contributed by atoms with Crippen LogP contribution in [-0.4, -0.2) is 23.2 Å². The second-order valence-corrected chi connectivity index (χ2v) is 6.93. The summed E-state index contributed by atoms with van der Waals surface area (Å²) >= 11 is 0. The highest BCUT2D eigenvalue weighted by Gasteiger charge is 2.17. The molecule has 5 heteroatoms. The van der Waals surface area contributed by atoms with Gasteiger partial charge in [-0.3, -0.25) is 14.6 Å². The van der Waals surface area contributed by atoms with Crippen molar-refractivity contribution in [3.63, 3.8) is 0 Å². The Balaban J connectivity index is 1.49. The van der Waals surface area contributed by atoms with Crippen molar-refractivity contribution in [2.24, 2.45) is 0 Å². The number of rotatable bonds is 4. The maximum Gasteiger partial charge on any atom is 0.274 e. The van der Waals surface area contributed by atoms with Gasteiger partial charge in [0, 0.05) is 36.2 Å². The molecule has 4 rings (SSSR count). The summed E-state index contributed by atoms with van der Waals surface area (Å²) < 4.78 is 0. The molecule has 0 bridgehead atoms. The monoisotopic (exact) mass is 371 g/mol. The summed E-state index contributed by atoms with van der Waals surface area (Å²) in [5, 5.41) is 2.84. The van der Waals surface area contributed by atoms with Gasteiger partial charge in [0.25, 0.3) is 5.91 Å². The van der Waals surface area contributed by atoms with Crippen LogP contribution in [-0.2, 0) is 13.0 Å². The Hall–Kier alpha value is -3.47. The molecule has 0 saturated carbocycles. The number of ketones is 1. The molecule has 0 spiro atoms. The van der Waals surface area contributed by atoms with Crippen molar-refractivity contribution in [2.45, 2.75) is 19.9 Å². The SMILES string of the molecule is CC(=O)c1ccc(NC(=O)c2cc(N3CCc4ccccc4C3)ccn2)cc1. The second-order valence-electron chi connectivity index (χ2n) is 6.93. The molecule has 1 aliphatic rings. The van der Waals surface area contributed by atoms with Gasteiger partial charge in [-0.05, 0) is 60.9 Å². The molecule has 1 N–H and O–H groups in total. The van der Waals surface area contributed by atoms with Crippen LogP contribution in [0.2, 0.25) is 0 Å². The van der Waals surface area contributed by atoms with Gasteiger partial charge in [-0.1, -0.05) is 24.3 Å². The fourth-order valence-corrected chi connectivity index (χ4v) is 3.44. The number of hydrogen-bond acceptors (Lipinski definition) is 4. The van der Waals surface area contributed by atoms with Gasteiger partial charge in [-0.15, -0.1) is 0 Å². The van der Waals surface area contributed by atoms with Gasteiger partial charge in [0.05, 0.1) is 0 Å². The Morgan fingerprint density at radius 1 is 1.00 bits per heavy atom. The van der Waals surface area contributed by atoms with Crippen LogP contribution in [0.1, 0.15) is 38.9 Å². The number of anilines is 2. The highest BCUT2D eigenvalue weighted by Crippen LogP contribution is 2.24. The first-order chi connectivity index (χ1) is 13.6. The molecule has 2 aromatic carbocycles. The van der Waals surface area contributed by atoms with Crippen LogP contribution in [0.15, 0.2) is 66.9 Å².